The second-order valence-electron chi connectivity index (χ2n) is 2.10. The van der Waals surface area contributed by atoms with Crippen molar-refractivity contribution in [2.75, 3.05) is 11.5 Å². The number of hydrogen-bond acceptors (Lipinski definition) is 5. The van der Waals surface area contributed by atoms with Gasteiger partial charge in [-0.05, 0) is 12.2 Å². The molecule has 0 saturated carbocycles. The van der Waals surface area contributed by atoms with E-state index in [1.54, 1.807) is 11.8 Å². The summed E-state index contributed by atoms with van der Waals surface area (Å²) in [5.74, 6) is 2.59. The number of hydrogen-bond donors (Lipinski definition) is 1. The van der Waals surface area contributed by atoms with Gasteiger partial charge < -0.3 is 10.3 Å². The first-order chi connectivity index (χ1) is 5.33. The highest BCUT2D eigenvalue weighted by atomic mass is 32.2. The number of nitrogens with zero attached hydrogens (tertiary/aromatic N) is 2. The van der Waals surface area contributed by atoms with E-state index in [-0.39, 0.29) is 6.01 Å². The molecular weight excluding hydrogens is 162 g/mol. The van der Waals surface area contributed by atoms with E-state index in [9.17, 15) is 0 Å². The van der Waals surface area contributed by atoms with Crippen LogP contribution in [0.5, 0.6) is 0 Å². The molecule has 1 heterocycles. The summed E-state index contributed by atoms with van der Waals surface area (Å²) in [4.78, 5) is 3.86. The largest absolute Gasteiger partial charge is 0.351 e. The molecule has 62 valence electrons. The molecule has 0 saturated heterocycles. The minimum atomic E-state index is 0.150. The summed E-state index contributed by atoms with van der Waals surface area (Å²) in [7, 11) is 0. The third-order valence-corrected chi connectivity index (χ3v) is 2.22. The number of anilines is 1. The van der Waals surface area contributed by atoms with Crippen molar-refractivity contribution < 1.29 is 4.52 Å². The van der Waals surface area contributed by atoms with Gasteiger partial charge >= 0.3 is 6.01 Å². The van der Waals surface area contributed by atoms with Gasteiger partial charge in [0.05, 0.1) is 5.75 Å². The van der Waals surface area contributed by atoms with Crippen LogP contribution in [0.25, 0.3) is 0 Å². The Kier molecular flexibility index (Phi) is 3.22. The zero-order chi connectivity index (χ0) is 8.10. The van der Waals surface area contributed by atoms with Crippen LogP contribution in [0.2, 0.25) is 0 Å². The normalized spacial score (nSPS) is 10.3. The van der Waals surface area contributed by atoms with Gasteiger partial charge in [0.1, 0.15) is 0 Å². The zero-order valence-electron chi connectivity index (χ0n) is 6.41. The Balaban J connectivity index is 2.27. The lowest BCUT2D eigenvalue weighted by Gasteiger charge is -1.91. The Hall–Kier alpha value is -0.710. The summed E-state index contributed by atoms with van der Waals surface area (Å²) in [6.07, 6.45) is 1.16. The standard InChI is InChI=1S/C6H11N3OS/c1-2-3-11-4-5-8-6(7)10-9-5/h2-4H2,1H3,(H2,7,8,9). The Labute approximate surface area is 69.5 Å². The molecule has 5 heteroatoms. The predicted octanol–water partition coefficient (Wildman–Crippen LogP) is 1.29. The molecule has 1 rings (SSSR count). The van der Waals surface area contributed by atoms with Gasteiger partial charge in [0.15, 0.2) is 5.82 Å². The fourth-order valence-corrected chi connectivity index (χ4v) is 1.37. The van der Waals surface area contributed by atoms with Gasteiger partial charge in [-0.15, -0.1) is 0 Å². The van der Waals surface area contributed by atoms with E-state index in [1.807, 2.05) is 0 Å². The van der Waals surface area contributed by atoms with Gasteiger partial charge in [-0.25, -0.2) is 0 Å². The number of thioether (sulfide) groups is 1. The summed E-state index contributed by atoms with van der Waals surface area (Å²) in [5, 5.41) is 3.66. The molecule has 0 unspecified atom stereocenters. The van der Waals surface area contributed by atoms with Gasteiger partial charge in [-0.2, -0.15) is 16.7 Å². The van der Waals surface area contributed by atoms with Crippen LogP contribution in [0.1, 0.15) is 19.2 Å². The van der Waals surface area contributed by atoms with Crippen molar-refractivity contribution in [3.05, 3.63) is 5.82 Å². The lowest BCUT2D eigenvalue weighted by molar-refractivity contribution is 0.429. The molecular formula is C6H11N3OS. The van der Waals surface area contributed by atoms with Crippen LogP contribution >= 0.6 is 11.8 Å². The van der Waals surface area contributed by atoms with Crippen molar-refractivity contribution in [2.24, 2.45) is 0 Å². The van der Waals surface area contributed by atoms with Crippen molar-refractivity contribution in [2.45, 2.75) is 19.1 Å². The lowest BCUT2D eigenvalue weighted by atomic mass is 10.6. The third kappa shape index (κ3) is 2.80. The zero-order valence-corrected chi connectivity index (χ0v) is 7.23. The number of nitrogens with two attached hydrogens (primary N) is 1. The maximum Gasteiger partial charge on any atom is 0.318 e. The Bertz CT molecular complexity index is 213. The summed E-state index contributed by atoms with van der Waals surface area (Å²) < 4.78 is 4.60. The maximum atomic E-state index is 5.23. The summed E-state index contributed by atoms with van der Waals surface area (Å²) in [6.45, 7) is 2.14. The van der Waals surface area contributed by atoms with Crippen LogP contribution in [0.4, 0.5) is 6.01 Å². The lowest BCUT2D eigenvalue weighted by Crippen LogP contribution is -1.87. The summed E-state index contributed by atoms with van der Waals surface area (Å²) in [5.41, 5.74) is 5.23. The fourth-order valence-electron chi connectivity index (χ4n) is 0.634. The van der Waals surface area contributed by atoms with Crippen LogP contribution in [0, 0.1) is 0 Å². The molecule has 0 spiro atoms. The van der Waals surface area contributed by atoms with Gasteiger partial charge in [0, 0.05) is 0 Å². The number of rotatable bonds is 4. The molecule has 2 N–H and O–H groups in total. The molecule has 0 atom stereocenters. The van der Waals surface area contributed by atoms with E-state index in [0.717, 1.165) is 17.9 Å². The molecule has 4 nitrogen and oxygen atoms in total. The topological polar surface area (TPSA) is 64.9 Å². The third-order valence-electron chi connectivity index (χ3n) is 1.06. The molecule has 1 aromatic rings. The van der Waals surface area contributed by atoms with Gasteiger partial charge in [0.25, 0.3) is 0 Å². The summed E-state index contributed by atoms with van der Waals surface area (Å²) in [6, 6.07) is 0.150. The fraction of sp³-hybridized carbons (Fsp3) is 0.667. The van der Waals surface area contributed by atoms with E-state index >= 15 is 0 Å². The average molecular weight is 173 g/mol. The SMILES string of the molecule is CCCSCc1noc(N)n1. The molecule has 0 aliphatic rings. The highest BCUT2D eigenvalue weighted by Crippen LogP contribution is 2.10. The molecule has 0 aromatic carbocycles. The van der Waals surface area contributed by atoms with E-state index in [1.165, 1.54) is 0 Å². The first-order valence-corrected chi connectivity index (χ1v) is 4.64. The monoisotopic (exact) mass is 173 g/mol. The van der Waals surface area contributed by atoms with Crippen LogP contribution in [0.15, 0.2) is 4.52 Å². The quantitative estimate of drug-likeness (QED) is 0.695. The van der Waals surface area contributed by atoms with Gasteiger partial charge in [0.2, 0.25) is 0 Å². The highest BCUT2D eigenvalue weighted by molar-refractivity contribution is 7.98. The molecule has 0 radical (unpaired) electrons. The highest BCUT2D eigenvalue weighted by Gasteiger charge is 2.00. The van der Waals surface area contributed by atoms with Crippen LogP contribution < -0.4 is 5.73 Å². The molecule has 0 bridgehead atoms. The van der Waals surface area contributed by atoms with Gasteiger partial charge in [-0.1, -0.05) is 12.1 Å². The average Bonchev–Trinajstić information content (AvgIpc) is 2.37. The predicted molar refractivity (Wildman–Crippen MR) is 45.2 cm³/mol. The van der Waals surface area contributed by atoms with E-state index in [2.05, 4.69) is 21.6 Å². The molecule has 0 aliphatic carbocycles. The Morgan fingerprint density at radius 3 is 3.00 bits per heavy atom. The molecule has 0 aliphatic heterocycles. The van der Waals surface area contributed by atoms with Crippen LogP contribution in [0.3, 0.4) is 0 Å². The van der Waals surface area contributed by atoms with Crippen molar-refractivity contribution >= 4 is 17.8 Å². The number of aromatic nitrogens is 2. The van der Waals surface area contributed by atoms with E-state index in [4.69, 9.17) is 5.73 Å². The first kappa shape index (κ1) is 8.39. The van der Waals surface area contributed by atoms with Gasteiger partial charge in [-0.3, -0.25) is 0 Å². The first-order valence-electron chi connectivity index (χ1n) is 3.48. The van der Waals surface area contributed by atoms with Crippen molar-refractivity contribution in [1.29, 1.82) is 0 Å². The summed E-state index contributed by atoms with van der Waals surface area (Å²) >= 11 is 1.78. The Morgan fingerprint density at radius 1 is 1.64 bits per heavy atom. The maximum absolute atomic E-state index is 5.23. The minimum absolute atomic E-state index is 0.150. The Morgan fingerprint density at radius 2 is 2.45 bits per heavy atom. The van der Waals surface area contributed by atoms with E-state index in [0.29, 0.717) is 5.82 Å². The second kappa shape index (κ2) is 4.23. The van der Waals surface area contributed by atoms with Crippen LogP contribution in [-0.2, 0) is 5.75 Å². The van der Waals surface area contributed by atoms with Crippen molar-refractivity contribution in [3.8, 4) is 0 Å². The number of nitrogen functional groups attached to an aromatic ring is 1. The van der Waals surface area contributed by atoms with Crippen molar-refractivity contribution in [1.82, 2.24) is 10.1 Å². The molecule has 0 amide bonds. The second-order valence-corrected chi connectivity index (χ2v) is 3.21. The smallest absolute Gasteiger partial charge is 0.318 e. The van der Waals surface area contributed by atoms with Crippen LogP contribution in [-0.4, -0.2) is 15.9 Å². The van der Waals surface area contributed by atoms with E-state index < -0.39 is 0 Å². The molecule has 0 fully saturated rings. The van der Waals surface area contributed by atoms with Crippen molar-refractivity contribution in [3.63, 3.8) is 0 Å². The molecule has 11 heavy (non-hydrogen) atoms. The minimum Gasteiger partial charge on any atom is -0.351 e. The molecule has 1 aromatic heterocycles.